The van der Waals surface area contributed by atoms with Crippen LogP contribution in [0.15, 0.2) is 57.7 Å². The lowest BCUT2D eigenvalue weighted by Gasteiger charge is -2.21. The highest BCUT2D eigenvalue weighted by Gasteiger charge is 2.23. The summed E-state index contributed by atoms with van der Waals surface area (Å²) in [6.45, 7) is 3.85. The van der Waals surface area contributed by atoms with Gasteiger partial charge in [0, 0.05) is 23.2 Å². The minimum atomic E-state index is -3.63. The van der Waals surface area contributed by atoms with Crippen molar-refractivity contribution >= 4 is 38.3 Å². The summed E-state index contributed by atoms with van der Waals surface area (Å²) in [6.07, 6.45) is 1.06. The van der Waals surface area contributed by atoms with Crippen LogP contribution in [0.5, 0.6) is 0 Å². The highest BCUT2D eigenvalue weighted by atomic mass is 35.5. The third-order valence-electron chi connectivity index (χ3n) is 5.74. The number of nitrogens with zero attached hydrogens (tertiary/aromatic N) is 3. The SMILES string of the molecule is CC(C)c1nc(N(C)S(C)(=O)=O)nc(-c2ccc(F)cc2)c1COCc1cc2ccc(Cl)cc2c(=O)o1. The standard InChI is InChI=1S/C26H25ClFN3O5S/c1-15(2)23-22(14-35-13-20-11-17-5-8-18(27)12-21(17)25(32)36-20)24(16-6-9-19(28)10-7-16)30-26(29-23)31(3)37(4,33)34/h5-12,15H,13-14H2,1-4H3. The van der Waals surface area contributed by atoms with Gasteiger partial charge in [-0.15, -0.1) is 0 Å². The molecule has 0 bridgehead atoms. The first kappa shape index (κ1) is 26.7. The Kier molecular flexibility index (Phi) is 7.63. The van der Waals surface area contributed by atoms with E-state index < -0.39 is 21.5 Å². The predicted molar refractivity (Wildman–Crippen MR) is 141 cm³/mol. The van der Waals surface area contributed by atoms with E-state index in [0.29, 0.717) is 44.1 Å². The summed E-state index contributed by atoms with van der Waals surface area (Å²) in [5.41, 5.74) is 1.65. The molecule has 0 saturated carbocycles. The van der Waals surface area contributed by atoms with Gasteiger partial charge < -0.3 is 9.15 Å². The Morgan fingerprint density at radius 1 is 1.08 bits per heavy atom. The van der Waals surface area contributed by atoms with Gasteiger partial charge in [0.1, 0.15) is 18.2 Å². The van der Waals surface area contributed by atoms with Crippen LogP contribution in [-0.4, -0.2) is 31.7 Å². The van der Waals surface area contributed by atoms with E-state index >= 15 is 0 Å². The van der Waals surface area contributed by atoms with Gasteiger partial charge in [-0.1, -0.05) is 31.5 Å². The van der Waals surface area contributed by atoms with Crippen molar-refractivity contribution in [3.63, 3.8) is 0 Å². The van der Waals surface area contributed by atoms with Crippen molar-refractivity contribution < 1.29 is 22.0 Å². The molecule has 0 atom stereocenters. The molecule has 2 aromatic carbocycles. The minimum absolute atomic E-state index is 0.00605. The van der Waals surface area contributed by atoms with E-state index in [4.69, 9.17) is 20.8 Å². The lowest BCUT2D eigenvalue weighted by atomic mass is 9.99. The van der Waals surface area contributed by atoms with Gasteiger partial charge in [0.25, 0.3) is 0 Å². The molecule has 0 aliphatic rings. The summed E-state index contributed by atoms with van der Waals surface area (Å²) in [5, 5.41) is 1.48. The summed E-state index contributed by atoms with van der Waals surface area (Å²) >= 11 is 5.98. The fourth-order valence-corrected chi connectivity index (χ4v) is 4.33. The lowest BCUT2D eigenvalue weighted by molar-refractivity contribution is 0.0903. The molecule has 0 aliphatic carbocycles. The summed E-state index contributed by atoms with van der Waals surface area (Å²) < 4.78 is 50.3. The van der Waals surface area contributed by atoms with Crippen LogP contribution in [0.25, 0.3) is 22.0 Å². The van der Waals surface area contributed by atoms with Crippen molar-refractivity contribution in [1.29, 1.82) is 0 Å². The van der Waals surface area contributed by atoms with E-state index in [0.717, 1.165) is 10.6 Å². The van der Waals surface area contributed by atoms with Crippen LogP contribution in [0.2, 0.25) is 5.02 Å². The van der Waals surface area contributed by atoms with E-state index in [-0.39, 0.29) is 25.1 Å². The number of aromatic nitrogens is 2. The summed E-state index contributed by atoms with van der Waals surface area (Å²) in [7, 11) is -2.26. The second-order valence-electron chi connectivity index (χ2n) is 8.85. The van der Waals surface area contributed by atoms with Gasteiger partial charge in [-0.25, -0.2) is 31.9 Å². The Labute approximate surface area is 218 Å². The van der Waals surface area contributed by atoms with Crippen molar-refractivity contribution in [3.05, 3.63) is 86.8 Å². The molecule has 0 aliphatic heterocycles. The maximum Gasteiger partial charge on any atom is 0.343 e. The monoisotopic (exact) mass is 545 g/mol. The van der Waals surface area contributed by atoms with Crippen LogP contribution < -0.4 is 9.93 Å². The normalized spacial score (nSPS) is 11.9. The van der Waals surface area contributed by atoms with Gasteiger partial charge in [-0.2, -0.15) is 0 Å². The van der Waals surface area contributed by atoms with Crippen LogP contribution in [0.1, 0.15) is 36.8 Å². The van der Waals surface area contributed by atoms with Crippen molar-refractivity contribution in [3.8, 4) is 11.3 Å². The molecule has 194 valence electrons. The molecule has 0 saturated heterocycles. The lowest BCUT2D eigenvalue weighted by Crippen LogP contribution is -2.28. The number of hydrogen-bond acceptors (Lipinski definition) is 7. The molecule has 11 heteroatoms. The minimum Gasteiger partial charge on any atom is -0.425 e. The number of ether oxygens (including phenoxy) is 1. The maximum absolute atomic E-state index is 13.6. The maximum atomic E-state index is 13.6. The highest BCUT2D eigenvalue weighted by Crippen LogP contribution is 2.31. The highest BCUT2D eigenvalue weighted by molar-refractivity contribution is 7.92. The molecule has 37 heavy (non-hydrogen) atoms. The van der Waals surface area contributed by atoms with E-state index in [1.54, 1.807) is 36.4 Å². The van der Waals surface area contributed by atoms with Gasteiger partial charge in [0.15, 0.2) is 0 Å². The van der Waals surface area contributed by atoms with E-state index in [1.807, 2.05) is 13.8 Å². The average Bonchev–Trinajstić information content (AvgIpc) is 2.84. The summed E-state index contributed by atoms with van der Waals surface area (Å²) in [5.74, 6) is -0.214. The zero-order valence-corrected chi connectivity index (χ0v) is 22.2. The Bertz CT molecular complexity index is 1620. The number of halogens is 2. The molecule has 0 spiro atoms. The summed E-state index contributed by atoms with van der Waals surface area (Å²) in [6, 6.07) is 12.4. The number of benzene rings is 2. The van der Waals surface area contributed by atoms with Gasteiger partial charge in [-0.05, 0) is 53.8 Å². The molecule has 2 aromatic heterocycles. The number of sulfonamides is 1. The van der Waals surface area contributed by atoms with Crippen LogP contribution in [0, 0.1) is 5.82 Å². The molecule has 8 nitrogen and oxygen atoms in total. The smallest absolute Gasteiger partial charge is 0.343 e. The topological polar surface area (TPSA) is 103 Å². The predicted octanol–water partition coefficient (Wildman–Crippen LogP) is 5.28. The molecular weight excluding hydrogens is 521 g/mol. The molecule has 4 aromatic rings. The van der Waals surface area contributed by atoms with Crippen molar-refractivity contribution in [1.82, 2.24) is 9.97 Å². The van der Waals surface area contributed by atoms with E-state index in [9.17, 15) is 17.6 Å². The second kappa shape index (κ2) is 10.6. The first-order valence-electron chi connectivity index (χ1n) is 11.3. The van der Waals surface area contributed by atoms with Crippen molar-refractivity contribution in [2.24, 2.45) is 0 Å². The first-order chi connectivity index (χ1) is 17.4. The number of fused-ring (bicyclic) bond motifs is 1. The number of anilines is 1. The number of hydrogen-bond donors (Lipinski definition) is 0. The Hall–Kier alpha value is -3.34. The fourth-order valence-electron chi connectivity index (χ4n) is 3.78. The largest absolute Gasteiger partial charge is 0.425 e. The first-order valence-corrected chi connectivity index (χ1v) is 13.6. The van der Waals surface area contributed by atoms with Crippen LogP contribution in [-0.2, 0) is 28.0 Å². The van der Waals surface area contributed by atoms with Gasteiger partial charge >= 0.3 is 5.63 Å². The zero-order valence-electron chi connectivity index (χ0n) is 20.7. The van der Waals surface area contributed by atoms with Gasteiger partial charge in [0.05, 0.1) is 29.6 Å². The molecule has 0 N–H and O–H groups in total. The fraction of sp³-hybridized carbons (Fsp3) is 0.269. The Balaban J connectivity index is 1.73. The zero-order chi connectivity index (χ0) is 26.9. The van der Waals surface area contributed by atoms with Gasteiger partial charge in [-0.3, -0.25) is 0 Å². The Morgan fingerprint density at radius 2 is 1.78 bits per heavy atom. The van der Waals surface area contributed by atoms with Gasteiger partial charge in [0.2, 0.25) is 16.0 Å². The molecule has 2 heterocycles. The molecule has 0 amide bonds. The van der Waals surface area contributed by atoms with E-state index in [1.165, 1.54) is 19.2 Å². The molecule has 0 unspecified atom stereocenters. The van der Waals surface area contributed by atoms with Crippen LogP contribution >= 0.6 is 11.6 Å². The molecular formula is C26H25ClFN3O5S. The Morgan fingerprint density at radius 3 is 2.43 bits per heavy atom. The van der Waals surface area contributed by atoms with Crippen molar-refractivity contribution in [2.75, 3.05) is 17.6 Å². The van der Waals surface area contributed by atoms with E-state index in [2.05, 4.69) is 9.97 Å². The second-order valence-corrected chi connectivity index (χ2v) is 11.3. The number of rotatable bonds is 8. The third kappa shape index (κ3) is 5.98. The van der Waals surface area contributed by atoms with Crippen LogP contribution in [0.3, 0.4) is 0 Å². The molecule has 0 fully saturated rings. The summed E-state index contributed by atoms with van der Waals surface area (Å²) in [4.78, 5) is 21.4. The molecule has 4 rings (SSSR count). The van der Waals surface area contributed by atoms with Crippen LogP contribution in [0.4, 0.5) is 10.3 Å². The quantitative estimate of drug-likeness (QED) is 0.297. The van der Waals surface area contributed by atoms with Crippen molar-refractivity contribution in [2.45, 2.75) is 33.0 Å². The third-order valence-corrected chi connectivity index (χ3v) is 7.13. The molecule has 0 radical (unpaired) electrons. The average molecular weight is 546 g/mol.